The van der Waals surface area contributed by atoms with Crippen LogP contribution in [0.15, 0.2) is 22.6 Å². The van der Waals surface area contributed by atoms with Gasteiger partial charge in [-0.3, -0.25) is 10.1 Å². The highest BCUT2D eigenvalue weighted by Gasteiger charge is 2.20. The second-order valence-corrected chi connectivity index (χ2v) is 3.54. The van der Waals surface area contributed by atoms with Crippen LogP contribution in [-0.4, -0.2) is 15.1 Å². The predicted molar refractivity (Wildman–Crippen MR) is 56.4 cm³/mol. The van der Waals surface area contributed by atoms with Crippen LogP contribution in [0.4, 0.5) is 5.69 Å². The zero-order chi connectivity index (χ0) is 11.7. The molecule has 0 amide bonds. The number of hydrogen-bond donors (Lipinski definition) is 0. The molecule has 1 heterocycles. The van der Waals surface area contributed by atoms with E-state index < -0.39 is 4.92 Å². The maximum atomic E-state index is 10.8. The standard InChI is InChI=1S/C8H3Cl2N3O3/c9-4-1-2-5(6(3-4)13(14)15)7-11-12-8(10)16-7/h1-3H. The SMILES string of the molecule is O=[N+]([O-])c1cc(Cl)ccc1-c1nnc(Cl)o1. The van der Waals surface area contributed by atoms with Gasteiger partial charge in [-0.2, -0.15) is 0 Å². The molecule has 0 N–H and O–H groups in total. The second-order valence-electron chi connectivity index (χ2n) is 2.78. The van der Waals surface area contributed by atoms with Gasteiger partial charge in [0.1, 0.15) is 5.56 Å². The van der Waals surface area contributed by atoms with Crippen LogP contribution in [-0.2, 0) is 0 Å². The molecule has 0 unspecified atom stereocenters. The Morgan fingerprint density at radius 1 is 1.31 bits per heavy atom. The van der Waals surface area contributed by atoms with Gasteiger partial charge in [-0.15, -0.1) is 5.10 Å². The summed E-state index contributed by atoms with van der Waals surface area (Å²) < 4.78 is 4.90. The first-order valence-electron chi connectivity index (χ1n) is 4.01. The second kappa shape index (κ2) is 4.07. The molecule has 0 atom stereocenters. The van der Waals surface area contributed by atoms with Gasteiger partial charge in [-0.05, 0) is 23.7 Å². The van der Waals surface area contributed by atoms with Crippen molar-refractivity contribution >= 4 is 28.9 Å². The molecule has 0 aliphatic rings. The molecule has 6 nitrogen and oxygen atoms in total. The lowest BCUT2D eigenvalue weighted by molar-refractivity contribution is -0.384. The van der Waals surface area contributed by atoms with Crippen LogP contribution in [0.3, 0.4) is 0 Å². The van der Waals surface area contributed by atoms with Crippen LogP contribution in [0, 0.1) is 10.1 Å². The number of rotatable bonds is 2. The number of benzene rings is 1. The normalized spacial score (nSPS) is 10.4. The van der Waals surface area contributed by atoms with Gasteiger partial charge < -0.3 is 4.42 Å². The quantitative estimate of drug-likeness (QED) is 0.612. The molecule has 0 saturated carbocycles. The molecule has 82 valence electrons. The highest BCUT2D eigenvalue weighted by Crippen LogP contribution is 2.31. The molecule has 1 aromatic heterocycles. The van der Waals surface area contributed by atoms with Crippen molar-refractivity contribution in [1.82, 2.24) is 10.2 Å². The lowest BCUT2D eigenvalue weighted by Gasteiger charge is -1.98. The molecule has 0 aliphatic carbocycles. The summed E-state index contributed by atoms with van der Waals surface area (Å²) >= 11 is 11.1. The summed E-state index contributed by atoms with van der Waals surface area (Å²) in [4.78, 5) is 10.2. The summed E-state index contributed by atoms with van der Waals surface area (Å²) in [6, 6.07) is 4.11. The maximum Gasteiger partial charge on any atom is 0.313 e. The average molecular weight is 260 g/mol. The molecule has 0 fully saturated rings. The Kier molecular flexibility index (Phi) is 2.76. The van der Waals surface area contributed by atoms with Crippen molar-refractivity contribution in [3.8, 4) is 11.5 Å². The van der Waals surface area contributed by atoms with E-state index in [1.165, 1.54) is 18.2 Å². The van der Waals surface area contributed by atoms with Crippen LogP contribution in [0.2, 0.25) is 10.4 Å². The minimum Gasteiger partial charge on any atom is -0.407 e. The highest BCUT2D eigenvalue weighted by atomic mass is 35.5. The van der Waals surface area contributed by atoms with Crippen LogP contribution in [0.1, 0.15) is 0 Å². The molecule has 0 spiro atoms. The van der Waals surface area contributed by atoms with Crippen molar-refractivity contribution in [2.75, 3.05) is 0 Å². The van der Waals surface area contributed by atoms with Gasteiger partial charge in [-0.1, -0.05) is 16.7 Å². The van der Waals surface area contributed by atoms with Gasteiger partial charge in [0.15, 0.2) is 0 Å². The van der Waals surface area contributed by atoms with E-state index in [2.05, 4.69) is 10.2 Å². The van der Waals surface area contributed by atoms with E-state index in [1.54, 1.807) is 0 Å². The number of nitro groups is 1. The van der Waals surface area contributed by atoms with Crippen molar-refractivity contribution < 1.29 is 9.34 Å². The monoisotopic (exact) mass is 259 g/mol. The van der Waals surface area contributed by atoms with E-state index in [1.807, 2.05) is 0 Å². The fourth-order valence-electron chi connectivity index (χ4n) is 1.15. The molecule has 0 radical (unpaired) electrons. The Hall–Kier alpha value is -1.66. The number of nitro benzene ring substituents is 1. The highest BCUT2D eigenvalue weighted by molar-refractivity contribution is 6.31. The first-order chi connectivity index (χ1) is 7.58. The summed E-state index contributed by atoms with van der Waals surface area (Å²) in [6.07, 6.45) is 0. The zero-order valence-corrected chi connectivity index (χ0v) is 9.07. The van der Waals surface area contributed by atoms with Crippen molar-refractivity contribution in [2.45, 2.75) is 0 Å². The van der Waals surface area contributed by atoms with Gasteiger partial charge >= 0.3 is 5.35 Å². The molecule has 0 saturated heterocycles. The van der Waals surface area contributed by atoms with Crippen molar-refractivity contribution in [2.24, 2.45) is 0 Å². The smallest absolute Gasteiger partial charge is 0.313 e. The third-order valence-corrected chi connectivity index (χ3v) is 2.18. The Balaban J connectivity index is 2.60. The average Bonchev–Trinajstić information content (AvgIpc) is 2.64. The minimum atomic E-state index is -0.584. The van der Waals surface area contributed by atoms with E-state index >= 15 is 0 Å². The molecule has 0 bridgehead atoms. The first-order valence-corrected chi connectivity index (χ1v) is 4.77. The molecule has 16 heavy (non-hydrogen) atoms. The maximum absolute atomic E-state index is 10.8. The van der Waals surface area contributed by atoms with Crippen LogP contribution in [0.25, 0.3) is 11.5 Å². The zero-order valence-electron chi connectivity index (χ0n) is 7.55. The molecule has 2 rings (SSSR count). The van der Waals surface area contributed by atoms with E-state index in [0.717, 1.165) is 0 Å². The Bertz CT molecular complexity index is 555. The molecule has 1 aromatic carbocycles. The Morgan fingerprint density at radius 3 is 2.62 bits per heavy atom. The molecular weight excluding hydrogens is 257 g/mol. The molecule has 2 aromatic rings. The summed E-state index contributed by atoms with van der Waals surface area (Å²) in [5.41, 5.74) is -0.0402. The van der Waals surface area contributed by atoms with E-state index in [4.69, 9.17) is 27.6 Å². The fraction of sp³-hybridized carbons (Fsp3) is 0. The topological polar surface area (TPSA) is 82.1 Å². The number of nitrogens with zero attached hydrogens (tertiary/aromatic N) is 3. The largest absolute Gasteiger partial charge is 0.407 e. The van der Waals surface area contributed by atoms with Crippen molar-refractivity contribution in [3.63, 3.8) is 0 Å². The first kappa shape index (κ1) is 10.8. The third-order valence-electron chi connectivity index (χ3n) is 1.79. The van der Waals surface area contributed by atoms with Crippen LogP contribution in [0.5, 0.6) is 0 Å². The van der Waals surface area contributed by atoms with Gasteiger partial charge in [-0.25, -0.2) is 0 Å². The minimum absolute atomic E-state index is 0.0200. The lowest BCUT2D eigenvalue weighted by Crippen LogP contribution is -1.92. The van der Waals surface area contributed by atoms with Gasteiger partial charge in [0.05, 0.1) is 4.92 Å². The molecular formula is C8H3Cl2N3O3. The van der Waals surface area contributed by atoms with E-state index in [0.29, 0.717) is 0 Å². The summed E-state index contributed by atoms with van der Waals surface area (Å²) in [5.74, 6) is -0.0200. The summed E-state index contributed by atoms with van der Waals surface area (Å²) in [7, 11) is 0. The van der Waals surface area contributed by atoms with Gasteiger partial charge in [0.2, 0.25) is 0 Å². The van der Waals surface area contributed by atoms with E-state index in [9.17, 15) is 10.1 Å². The Labute approximate surface area is 99.0 Å². The van der Waals surface area contributed by atoms with Gasteiger partial charge in [0, 0.05) is 11.1 Å². The van der Waals surface area contributed by atoms with Crippen molar-refractivity contribution in [3.05, 3.63) is 38.7 Å². The fourth-order valence-corrected chi connectivity index (χ4v) is 1.43. The number of hydrogen-bond acceptors (Lipinski definition) is 5. The third kappa shape index (κ3) is 1.98. The van der Waals surface area contributed by atoms with Crippen LogP contribution < -0.4 is 0 Å². The summed E-state index contributed by atoms with van der Waals surface area (Å²) in [5, 5.41) is 17.8. The predicted octanol–water partition coefficient (Wildman–Crippen LogP) is 2.95. The van der Waals surface area contributed by atoms with E-state index in [-0.39, 0.29) is 27.5 Å². The molecule has 8 heteroatoms. The number of aromatic nitrogens is 2. The lowest BCUT2D eigenvalue weighted by atomic mass is 10.2. The van der Waals surface area contributed by atoms with Gasteiger partial charge in [0.25, 0.3) is 11.6 Å². The van der Waals surface area contributed by atoms with Crippen molar-refractivity contribution in [1.29, 1.82) is 0 Å². The van der Waals surface area contributed by atoms with Crippen LogP contribution >= 0.6 is 23.2 Å². The summed E-state index contributed by atoms with van der Waals surface area (Å²) in [6.45, 7) is 0. The Morgan fingerprint density at radius 2 is 2.06 bits per heavy atom. The number of halogens is 2. The molecule has 0 aliphatic heterocycles.